The summed E-state index contributed by atoms with van der Waals surface area (Å²) in [6, 6.07) is 11.8. The van der Waals surface area contributed by atoms with Crippen molar-refractivity contribution >= 4 is 28.9 Å². The van der Waals surface area contributed by atoms with E-state index in [2.05, 4.69) is 0 Å². The minimum absolute atomic E-state index is 0.0658. The van der Waals surface area contributed by atoms with E-state index in [1.165, 1.54) is 0 Å². The van der Waals surface area contributed by atoms with E-state index in [9.17, 15) is 5.11 Å². The molecule has 0 saturated carbocycles. The van der Waals surface area contributed by atoms with Crippen LogP contribution in [0.1, 0.15) is 0 Å². The first-order valence-corrected chi connectivity index (χ1v) is 7.04. The highest BCUT2D eigenvalue weighted by molar-refractivity contribution is 6.35. The van der Waals surface area contributed by atoms with Crippen molar-refractivity contribution in [3.63, 3.8) is 0 Å². The largest absolute Gasteiger partial charge is 0.491 e. The molecule has 0 radical (unpaired) electrons. The van der Waals surface area contributed by atoms with Gasteiger partial charge in [0.25, 0.3) is 0 Å². The molecule has 0 saturated heterocycles. The molecule has 0 aliphatic rings. The molecule has 0 amide bonds. The molecule has 1 unspecified atom stereocenters. The molecule has 0 aliphatic carbocycles. The average Bonchev–Trinajstić information content (AvgIpc) is 2.46. The van der Waals surface area contributed by atoms with Gasteiger partial charge in [-0.3, -0.25) is 0 Å². The second-order valence-electron chi connectivity index (χ2n) is 4.42. The minimum atomic E-state index is -0.783. The van der Waals surface area contributed by atoms with Gasteiger partial charge in [0, 0.05) is 10.7 Å². The topological polar surface area (TPSA) is 64.7 Å². The van der Waals surface area contributed by atoms with E-state index >= 15 is 0 Å². The van der Waals surface area contributed by atoms with Crippen molar-refractivity contribution in [2.45, 2.75) is 6.10 Å². The second kappa shape index (κ2) is 7.41. The van der Waals surface area contributed by atoms with Gasteiger partial charge in [0.05, 0.1) is 5.02 Å². The zero-order valence-electron chi connectivity index (χ0n) is 11.1. The third-order valence-electron chi connectivity index (χ3n) is 2.65. The molecule has 2 rings (SSSR count). The molecule has 0 spiro atoms. The Hall–Kier alpha value is -1.62. The first-order chi connectivity index (χ1) is 10.0. The van der Waals surface area contributed by atoms with Gasteiger partial charge in [0.1, 0.15) is 30.8 Å². The number of ether oxygens (including phenoxy) is 2. The van der Waals surface area contributed by atoms with Crippen LogP contribution in [0.3, 0.4) is 0 Å². The zero-order chi connectivity index (χ0) is 15.2. The predicted octanol–water partition coefficient (Wildman–Crippen LogP) is 3.39. The van der Waals surface area contributed by atoms with Crippen molar-refractivity contribution in [1.29, 1.82) is 0 Å². The van der Waals surface area contributed by atoms with Crippen molar-refractivity contribution in [3.05, 3.63) is 52.5 Å². The number of anilines is 1. The number of hydrogen-bond acceptors (Lipinski definition) is 4. The fourth-order valence-electron chi connectivity index (χ4n) is 1.58. The Morgan fingerprint density at radius 2 is 1.67 bits per heavy atom. The fourth-order valence-corrected chi connectivity index (χ4v) is 2.05. The van der Waals surface area contributed by atoms with Gasteiger partial charge in [-0.05, 0) is 42.5 Å². The molecule has 1 atom stereocenters. The fraction of sp³-hybridized carbons (Fsp3) is 0.200. The minimum Gasteiger partial charge on any atom is -0.491 e. The van der Waals surface area contributed by atoms with Crippen LogP contribution in [-0.2, 0) is 0 Å². The molecule has 6 heteroatoms. The molecule has 21 heavy (non-hydrogen) atoms. The molecule has 0 aliphatic heterocycles. The number of benzene rings is 2. The van der Waals surface area contributed by atoms with Crippen LogP contribution in [0.5, 0.6) is 11.5 Å². The van der Waals surface area contributed by atoms with Crippen LogP contribution < -0.4 is 15.2 Å². The number of nitrogens with two attached hydrogens (primary N) is 1. The molecule has 0 bridgehead atoms. The van der Waals surface area contributed by atoms with E-state index in [1.807, 2.05) is 0 Å². The molecular formula is C15H15Cl2NO3. The molecule has 3 N–H and O–H groups in total. The number of aliphatic hydroxyl groups is 1. The van der Waals surface area contributed by atoms with Gasteiger partial charge >= 0.3 is 0 Å². The lowest BCUT2D eigenvalue weighted by Crippen LogP contribution is -2.25. The molecule has 0 heterocycles. The Morgan fingerprint density at radius 1 is 1.00 bits per heavy atom. The summed E-state index contributed by atoms with van der Waals surface area (Å²) in [5.41, 5.74) is 6.23. The maximum absolute atomic E-state index is 9.83. The van der Waals surface area contributed by atoms with Crippen molar-refractivity contribution in [3.8, 4) is 11.5 Å². The van der Waals surface area contributed by atoms with Crippen LogP contribution in [0.2, 0.25) is 10.0 Å². The first kappa shape index (κ1) is 15.8. The Morgan fingerprint density at radius 3 is 2.33 bits per heavy atom. The Balaban J connectivity index is 1.79. The maximum Gasteiger partial charge on any atom is 0.138 e. The van der Waals surface area contributed by atoms with Crippen LogP contribution in [0.4, 0.5) is 5.69 Å². The lowest BCUT2D eigenvalue weighted by Gasteiger charge is -2.14. The van der Waals surface area contributed by atoms with Crippen LogP contribution in [0, 0.1) is 0 Å². The summed E-state index contributed by atoms with van der Waals surface area (Å²) < 4.78 is 10.8. The summed E-state index contributed by atoms with van der Waals surface area (Å²) in [6.45, 7) is 0.172. The number of halogens is 2. The molecule has 0 aromatic heterocycles. The highest BCUT2D eigenvalue weighted by atomic mass is 35.5. The van der Waals surface area contributed by atoms with Gasteiger partial charge in [0.15, 0.2) is 0 Å². The molecule has 2 aromatic carbocycles. The van der Waals surface area contributed by atoms with Crippen LogP contribution in [0.25, 0.3) is 0 Å². The van der Waals surface area contributed by atoms with Gasteiger partial charge in [0.2, 0.25) is 0 Å². The quantitative estimate of drug-likeness (QED) is 0.798. The molecule has 112 valence electrons. The van der Waals surface area contributed by atoms with Gasteiger partial charge in [-0.2, -0.15) is 0 Å². The van der Waals surface area contributed by atoms with E-state index in [0.29, 0.717) is 27.2 Å². The number of hydrogen-bond donors (Lipinski definition) is 2. The number of aliphatic hydroxyl groups excluding tert-OH is 1. The second-order valence-corrected chi connectivity index (χ2v) is 5.26. The smallest absolute Gasteiger partial charge is 0.138 e. The Bertz CT molecular complexity index is 590. The standard InChI is InChI=1S/C15H15Cl2NO3/c16-10-1-6-15(14(17)7-10)21-9-12(19)8-20-13-4-2-11(18)3-5-13/h1-7,12,19H,8-9,18H2. The molecular weight excluding hydrogens is 313 g/mol. The Labute approximate surface area is 133 Å². The first-order valence-electron chi connectivity index (χ1n) is 6.29. The van der Waals surface area contributed by atoms with E-state index in [4.69, 9.17) is 38.4 Å². The van der Waals surface area contributed by atoms with Gasteiger partial charge in [-0.25, -0.2) is 0 Å². The molecule has 2 aromatic rings. The monoisotopic (exact) mass is 327 g/mol. The summed E-state index contributed by atoms with van der Waals surface area (Å²) in [5, 5.41) is 10.8. The SMILES string of the molecule is Nc1ccc(OCC(O)COc2ccc(Cl)cc2Cl)cc1. The van der Waals surface area contributed by atoms with Crippen molar-refractivity contribution < 1.29 is 14.6 Å². The third-order valence-corrected chi connectivity index (χ3v) is 3.18. The summed E-state index contributed by atoms with van der Waals surface area (Å²) >= 11 is 11.8. The highest BCUT2D eigenvalue weighted by Crippen LogP contribution is 2.27. The predicted molar refractivity (Wildman–Crippen MR) is 84.3 cm³/mol. The van der Waals surface area contributed by atoms with Crippen LogP contribution >= 0.6 is 23.2 Å². The van der Waals surface area contributed by atoms with Crippen LogP contribution in [-0.4, -0.2) is 24.4 Å². The number of nitrogen functional groups attached to an aromatic ring is 1. The highest BCUT2D eigenvalue weighted by Gasteiger charge is 2.09. The van der Waals surface area contributed by atoms with Crippen LogP contribution in [0.15, 0.2) is 42.5 Å². The van der Waals surface area contributed by atoms with E-state index < -0.39 is 6.10 Å². The lowest BCUT2D eigenvalue weighted by atomic mass is 10.3. The molecule has 0 fully saturated rings. The van der Waals surface area contributed by atoms with Crippen molar-refractivity contribution in [2.24, 2.45) is 0 Å². The summed E-state index contributed by atoms with van der Waals surface area (Å²) in [4.78, 5) is 0. The van der Waals surface area contributed by atoms with Gasteiger partial charge in [-0.15, -0.1) is 0 Å². The van der Waals surface area contributed by atoms with Crippen molar-refractivity contribution in [1.82, 2.24) is 0 Å². The Kier molecular flexibility index (Phi) is 5.56. The zero-order valence-corrected chi connectivity index (χ0v) is 12.6. The summed E-state index contributed by atoms with van der Waals surface area (Å²) in [6.07, 6.45) is -0.783. The van der Waals surface area contributed by atoms with Crippen molar-refractivity contribution in [2.75, 3.05) is 18.9 Å². The lowest BCUT2D eigenvalue weighted by molar-refractivity contribution is 0.0627. The van der Waals surface area contributed by atoms with E-state index in [0.717, 1.165) is 0 Å². The number of rotatable bonds is 6. The van der Waals surface area contributed by atoms with Gasteiger partial charge < -0.3 is 20.3 Å². The normalized spacial score (nSPS) is 12.0. The molecule has 4 nitrogen and oxygen atoms in total. The summed E-state index contributed by atoms with van der Waals surface area (Å²) in [5.74, 6) is 1.10. The van der Waals surface area contributed by atoms with Gasteiger partial charge in [-0.1, -0.05) is 23.2 Å². The maximum atomic E-state index is 9.83. The summed E-state index contributed by atoms with van der Waals surface area (Å²) in [7, 11) is 0. The average molecular weight is 328 g/mol. The third kappa shape index (κ3) is 5.01. The van der Waals surface area contributed by atoms with E-state index in [-0.39, 0.29) is 13.2 Å². The van der Waals surface area contributed by atoms with E-state index in [1.54, 1.807) is 42.5 Å².